The number of para-hydroxylation sites is 1. The van der Waals surface area contributed by atoms with E-state index in [0.29, 0.717) is 24.9 Å². The minimum absolute atomic E-state index is 0.316. The minimum atomic E-state index is -0.316. The molecule has 0 radical (unpaired) electrons. The van der Waals surface area contributed by atoms with E-state index in [1.807, 2.05) is 30.3 Å². The molecule has 1 N–H and O–H groups in total. The minimum Gasteiger partial charge on any atom is -0.485 e. The first-order chi connectivity index (χ1) is 10.1. The van der Waals surface area contributed by atoms with Gasteiger partial charge in [0.1, 0.15) is 6.61 Å². The molecule has 0 saturated carbocycles. The Morgan fingerprint density at radius 3 is 2.52 bits per heavy atom. The molecule has 0 fully saturated rings. The summed E-state index contributed by atoms with van der Waals surface area (Å²) in [5.41, 5.74) is 1.87. The standard InChI is InChI=1S/C17H19FINO/c1-12(2)20-10-14-4-3-5-16(18)17(14)21-11-13-6-8-15(19)9-7-13/h3-9,12,20H,10-11H2,1-2H3. The lowest BCUT2D eigenvalue weighted by Crippen LogP contribution is -2.22. The van der Waals surface area contributed by atoms with Gasteiger partial charge in [0, 0.05) is 21.7 Å². The van der Waals surface area contributed by atoms with E-state index in [-0.39, 0.29) is 5.82 Å². The molecule has 112 valence electrons. The molecule has 0 aromatic heterocycles. The van der Waals surface area contributed by atoms with Crippen molar-refractivity contribution in [3.8, 4) is 5.75 Å². The number of halogens is 2. The second kappa shape index (κ2) is 7.75. The second-order valence-corrected chi connectivity index (χ2v) is 6.42. The fourth-order valence-electron chi connectivity index (χ4n) is 1.90. The highest BCUT2D eigenvalue weighted by Gasteiger charge is 2.10. The SMILES string of the molecule is CC(C)NCc1cccc(F)c1OCc1ccc(I)cc1. The zero-order valence-electron chi connectivity index (χ0n) is 12.2. The third-order valence-corrected chi connectivity index (χ3v) is 3.76. The van der Waals surface area contributed by atoms with Gasteiger partial charge >= 0.3 is 0 Å². The van der Waals surface area contributed by atoms with Gasteiger partial charge < -0.3 is 10.1 Å². The summed E-state index contributed by atoms with van der Waals surface area (Å²) in [6.07, 6.45) is 0. The molecule has 0 aliphatic carbocycles. The molecule has 0 aliphatic heterocycles. The summed E-state index contributed by atoms with van der Waals surface area (Å²) in [4.78, 5) is 0. The Hall–Kier alpha value is -1.14. The van der Waals surface area contributed by atoms with Crippen LogP contribution in [-0.2, 0) is 13.2 Å². The predicted molar refractivity (Wildman–Crippen MR) is 91.9 cm³/mol. The van der Waals surface area contributed by atoms with Crippen LogP contribution in [0.5, 0.6) is 5.75 Å². The molecular weight excluding hydrogens is 380 g/mol. The van der Waals surface area contributed by atoms with E-state index in [2.05, 4.69) is 41.8 Å². The average Bonchev–Trinajstić information content (AvgIpc) is 2.46. The Bertz CT molecular complexity index is 584. The van der Waals surface area contributed by atoms with Gasteiger partial charge in [0.25, 0.3) is 0 Å². The Kier molecular flexibility index (Phi) is 5.99. The van der Waals surface area contributed by atoms with E-state index < -0.39 is 0 Å². The van der Waals surface area contributed by atoms with Crippen LogP contribution in [0.4, 0.5) is 4.39 Å². The van der Waals surface area contributed by atoms with Crippen LogP contribution in [0, 0.1) is 9.39 Å². The molecule has 21 heavy (non-hydrogen) atoms. The van der Waals surface area contributed by atoms with Crippen LogP contribution in [0.15, 0.2) is 42.5 Å². The summed E-state index contributed by atoms with van der Waals surface area (Å²) in [6.45, 7) is 5.08. The molecule has 2 aromatic carbocycles. The van der Waals surface area contributed by atoms with E-state index in [0.717, 1.165) is 11.1 Å². The van der Waals surface area contributed by atoms with E-state index in [1.54, 1.807) is 6.07 Å². The zero-order chi connectivity index (χ0) is 15.2. The molecule has 2 aromatic rings. The van der Waals surface area contributed by atoms with Crippen molar-refractivity contribution in [3.63, 3.8) is 0 Å². The second-order valence-electron chi connectivity index (χ2n) is 5.18. The smallest absolute Gasteiger partial charge is 0.165 e. The zero-order valence-corrected chi connectivity index (χ0v) is 14.4. The van der Waals surface area contributed by atoms with Gasteiger partial charge in [-0.2, -0.15) is 0 Å². The van der Waals surface area contributed by atoms with E-state index in [9.17, 15) is 4.39 Å². The van der Waals surface area contributed by atoms with Crippen molar-refractivity contribution >= 4 is 22.6 Å². The van der Waals surface area contributed by atoms with Gasteiger partial charge in [-0.3, -0.25) is 0 Å². The van der Waals surface area contributed by atoms with Gasteiger partial charge in [-0.1, -0.05) is 38.1 Å². The lowest BCUT2D eigenvalue weighted by Gasteiger charge is -2.14. The molecule has 2 nitrogen and oxygen atoms in total. The van der Waals surface area contributed by atoms with Crippen molar-refractivity contribution in [2.24, 2.45) is 0 Å². The molecule has 0 amide bonds. The third kappa shape index (κ3) is 4.97. The number of rotatable bonds is 6. The van der Waals surface area contributed by atoms with Crippen LogP contribution < -0.4 is 10.1 Å². The van der Waals surface area contributed by atoms with Crippen molar-refractivity contribution in [2.45, 2.75) is 33.0 Å². The van der Waals surface area contributed by atoms with Gasteiger partial charge in [-0.25, -0.2) is 4.39 Å². The lowest BCUT2D eigenvalue weighted by atomic mass is 10.1. The highest BCUT2D eigenvalue weighted by atomic mass is 127. The largest absolute Gasteiger partial charge is 0.485 e. The third-order valence-electron chi connectivity index (χ3n) is 3.05. The first-order valence-electron chi connectivity index (χ1n) is 6.94. The maximum atomic E-state index is 14.0. The Balaban J connectivity index is 2.09. The van der Waals surface area contributed by atoms with Gasteiger partial charge in [0.05, 0.1) is 0 Å². The van der Waals surface area contributed by atoms with Crippen molar-refractivity contribution < 1.29 is 9.13 Å². The average molecular weight is 399 g/mol. The summed E-state index contributed by atoms with van der Waals surface area (Å²) in [6, 6.07) is 13.4. The molecule has 0 bridgehead atoms. The Morgan fingerprint density at radius 2 is 1.86 bits per heavy atom. The Morgan fingerprint density at radius 1 is 1.14 bits per heavy atom. The first kappa shape index (κ1) is 16.2. The van der Waals surface area contributed by atoms with Crippen LogP contribution in [0.3, 0.4) is 0 Å². The van der Waals surface area contributed by atoms with Crippen LogP contribution in [0.2, 0.25) is 0 Å². The van der Waals surface area contributed by atoms with Crippen LogP contribution >= 0.6 is 22.6 Å². The predicted octanol–water partition coefficient (Wildman–Crippen LogP) is 4.51. The molecule has 0 heterocycles. The molecule has 2 rings (SSSR count). The first-order valence-corrected chi connectivity index (χ1v) is 8.02. The lowest BCUT2D eigenvalue weighted by molar-refractivity contribution is 0.285. The van der Waals surface area contributed by atoms with Gasteiger partial charge in [0.2, 0.25) is 0 Å². The fourth-order valence-corrected chi connectivity index (χ4v) is 2.26. The molecule has 4 heteroatoms. The van der Waals surface area contributed by atoms with E-state index >= 15 is 0 Å². The van der Waals surface area contributed by atoms with Gasteiger partial charge in [-0.05, 0) is 46.4 Å². The van der Waals surface area contributed by atoms with Crippen molar-refractivity contribution in [1.29, 1.82) is 0 Å². The molecule has 0 unspecified atom stereocenters. The molecule has 0 saturated heterocycles. The van der Waals surface area contributed by atoms with E-state index in [4.69, 9.17) is 4.74 Å². The van der Waals surface area contributed by atoms with Crippen LogP contribution in [-0.4, -0.2) is 6.04 Å². The molecule has 0 aliphatic rings. The number of nitrogens with one attached hydrogen (secondary N) is 1. The molecule has 0 atom stereocenters. The topological polar surface area (TPSA) is 21.3 Å². The fraction of sp³-hybridized carbons (Fsp3) is 0.294. The van der Waals surface area contributed by atoms with Crippen molar-refractivity contribution in [1.82, 2.24) is 5.32 Å². The number of ether oxygens (including phenoxy) is 1. The quantitative estimate of drug-likeness (QED) is 0.722. The van der Waals surface area contributed by atoms with Crippen LogP contribution in [0.1, 0.15) is 25.0 Å². The monoisotopic (exact) mass is 399 g/mol. The van der Waals surface area contributed by atoms with E-state index in [1.165, 1.54) is 9.64 Å². The maximum absolute atomic E-state index is 14.0. The number of hydrogen-bond donors (Lipinski definition) is 1. The van der Waals surface area contributed by atoms with Crippen molar-refractivity contribution in [3.05, 3.63) is 63.0 Å². The number of benzene rings is 2. The van der Waals surface area contributed by atoms with Gasteiger partial charge in [-0.15, -0.1) is 0 Å². The summed E-state index contributed by atoms with van der Waals surface area (Å²) >= 11 is 2.26. The molecular formula is C17H19FINO. The maximum Gasteiger partial charge on any atom is 0.165 e. The number of hydrogen-bond acceptors (Lipinski definition) is 2. The highest BCUT2D eigenvalue weighted by molar-refractivity contribution is 14.1. The molecule has 0 spiro atoms. The Labute approximate surface area is 138 Å². The normalized spacial score (nSPS) is 10.9. The summed E-state index contributed by atoms with van der Waals surface area (Å²) < 4.78 is 20.9. The summed E-state index contributed by atoms with van der Waals surface area (Å²) in [5.74, 6) is 0.0211. The highest BCUT2D eigenvalue weighted by Crippen LogP contribution is 2.24. The van der Waals surface area contributed by atoms with Crippen molar-refractivity contribution in [2.75, 3.05) is 0 Å². The summed E-state index contributed by atoms with van der Waals surface area (Å²) in [7, 11) is 0. The van der Waals surface area contributed by atoms with Crippen LogP contribution in [0.25, 0.3) is 0 Å². The summed E-state index contributed by atoms with van der Waals surface area (Å²) in [5, 5.41) is 3.29. The van der Waals surface area contributed by atoms with Gasteiger partial charge in [0.15, 0.2) is 11.6 Å².